The van der Waals surface area contributed by atoms with Crippen molar-refractivity contribution in [2.75, 3.05) is 12.9 Å². The van der Waals surface area contributed by atoms with Crippen molar-refractivity contribution in [1.29, 1.82) is 0 Å². The summed E-state index contributed by atoms with van der Waals surface area (Å²) >= 11 is 1.33. The molecule has 1 heterocycles. The lowest BCUT2D eigenvalue weighted by Gasteiger charge is -2.15. The molecule has 1 N–H and O–H groups in total. The van der Waals surface area contributed by atoms with Gasteiger partial charge in [-0.25, -0.2) is 4.98 Å². The third-order valence-corrected chi connectivity index (χ3v) is 3.39. The van der Waals surface area contributed by atoms with Crippen molar-refractivity contribution in [2.24, 2.45) is 0 Å². The van der Waals surface area contributed by atoms with E-state index in [1.807, 2.05) is 32.3 Å². The molecule has 1 aromatic heterocycles. The summed E-state index contributed by atoms with van der Waals surface area (Å²) in [6, 6.07) is 0. The molecular formula is C16H23NO3S. The number of hydrogen-bond donors (Lipinski definition) is 1. The Kier molecular flexibility index (Phi) is 8.12. The summed E-state index contributed by atoms with van der Waals surface area (Å²) in [7, 11) is 0. The predicted octanol–water partition coefficient (Wildman–Crippen LogP) is 3.93. The van der Waals surface area contributed by atoms with Gasteiger partial charge >= 0.3 is 0 Å². The molecule has 0 aromatic carbocycles. The largest absolute Gasteiger partial charge is 0.449 e. The van der Waals surface area contributed by atoms with E-state index in [4.69, 9.17) is 8.60 Å². The first-order valence-corrected chi connectivity index (χ1v) is 7.95. The lowest BCUT2D eigenvalue weighted by Crippen LogP contribution is -2.10. The van der Waals surface area contributed by atoms with E-state index < -0.39 is 0 Å². The van der Waals surface area contributed by atoms with Crippen LogP contribution in [0, 0.1) is 6.92 Å². The van der Waals surface area contributed by atoms with Crippen LogP contribution in [-0.2, 0) is 4.18 Å². The monoisotopic (exact) mass is 309 g/mol. The summed E-state index contributed by atoms with van der Waals surface area (Å²) < 4.78 is 10.9. The van der Waals surface area contributed by atoms with Crippen molar-refractivity contribution in [3.05, 3.63) is 47.7 Å². The van der Waals surface area contributed by atoms with Crippen molar-refractivity contribution in [3.63, 3.8) is 0 Å². The van der Waals surface area contributed by atoms with Crippen LogP contribution < -0.4 is 0 Å². The van der Waals surface area contributed by atoms with Crippen LogP contribution in [-0.4, -0.2) is 29.1 Å². The van der Waals surface area contributed by atoms with Crippen LogP contribution in [0.5, 0.6) is 0 Å². The highest BCUT2D eigenvalue weighted by Gasteiger charge is 2.11. The smallest absolute Gasteiger partial charge is 0.191 e. The van der Waals surface area contributed by atoms with Gasteiger partial charge in [0.1, 0.15) is 12.0 Å². The fourth-order valence-electron chi connectivity index (χ4n) is 1.86. The van der Waals surface area contributed by atoms with Crippen LogP contribution in [0.25, 0.3) is 6.08 Å². The summed E-state index contributed by atoms with van der Waals surface area (Å²) in [5.74, 6) is 0.643. The topological polar surface area (TPSA) is 55.5 Å². The molecule has 0 saturated carbocycles. The number of hydrogen-bond acceptors (Lipinski definition) is 5. The van der Waals surface area contributed by atoms with Crippen LogP contribution in [0.15, 0.2) is 40.6 Å². The third-order valence-electron chi connectivity index (χ3n) is 2.96. The van der Waals surface area contributed by atoms with E-state index in [2.05, 4.69) is 11.6 Å². The Bertz CT molecular complexity index is 505. The first-order chi connectivity index (χ1) is 10.1. The van der Waals surface area contributed by atoms with Gasteiger partial charge in [0.25, 0.3) is 0 Å². The van der Waals surface area contributed by atoms with E-state index in [1.54, 1.807) is 12.3 Å². The second-order valence-electron chi connectivity index (χ2n) is 4.68. The number of oxazole rings is 1. The number of aliphatic hydroxyl groups is 1. The average Bonchev–Trinajstić information content (AvgIpc) is 2.87. The molecule has 0 aliphatic heterocycles. The molecular weight excluding hydrogens is 286 g/mol. The SMILES string of the molecule is C=CC/C(=C\C[C@H](OSC)/C(C)=C/c1coc(C)n1)CO. The minimum Gasteiger partial charge on any atom is -0.449 e. The summed E-state index contributed by atoms with van der Waals surface area (Å²) in [6.07, 6.45) is 10.6. The third kappa shape index (κ3) is 6.33. The maximum atomic E-state index is 9.28. The molecule has 0 unspecified atom stereocenters. The highest BCUT2D eigenvalue weighted by atomic mass is 32.2. The number of nitrogens with zero attached hydrogens (tertiary/aromatic N) is 1. The first-order valence-electron chi connectivity index (χ1n) is 6.80. The van der Waals surface area contributed by atoms with Gasteiger partial charge in [-0.2, -0.15) is 0 Å². The van der Waals surface area contributed by atoms with Crippen LogP contribution >= 0.6 is 12.0 Å². The lowest BCUT2D eigenvalue weighted by atomic mass is 10.0. The van der Waals surface area contributed by atoms with E-state index >= 15 is 0 Å². The van der Waals surface area contributed by atoms with Gasteiger partial charge in [-0.15, -0.1) is 6.58 Å². The maximum absolute atomic E-state index is 9.28. The lowest BCUT2D eigenvalue weighted by molar-refractivity contribution is 0.286. The zero-order valence-corrected chi connectivity index (χ0v) is 13.7. The second-order valence-corrected chi connectivity index (χ2v) is 5.21. The van der Waals surface area contributed by atoms with Gasteiger partial charge < -0.3 is 13.7 Å². The number of aliphatic hydroxyl groups excluding tert-OH is 1. The Balaban J connectivity index is 2.80. The van der Waals surface area contributed by atoms with E-state index in [0.29, 0.717) is 18.7 Å². The van der Waals surface area contributed by atoms with Gasteiger partial charge in [-0.1, -0.05) is 12.2 Å². The molecule has 0 saturated heterocycles. The van der Waals surface area contributed by atoms with Gasteiger partial charge in [-0.3, -0.25) is 0 Å². The summed E-state index contributed by atoms with van der Waals surface area (Å²) in [4.78, 5) is 4.26. The molecule has 21 heavy (non-hydrogen) atoms. The van der Waals surface area contributed by atoms with Gasteiger partial charge in [0, 0.05) is 13.2 Å². The van der Waals surface area contributed by atoms with E-state index in [1.165, 1.54) is 12.0 Å². The Morgan fingerprint density at radius 3 is 2.90 bits per heavy atom. The van der Waals surface area contributed by atoms with Crippen LogP contribution in [0.4, 0.5) is 0 Å². The predicted molar refractivity (Wildman–Crippen MR) is 87.9 cm³/mol. The van der Waals surface area contributed by atoms with Gasteiger partial charge in [0.2, 0.25) is 0 Å². The molecule has 5 heteroatoms. The molecule has 4 nitrogen and oxygen atoms in total. The quantitative estimate of drug-likeness (QED) is 0.553. The Hall–Kier alpha value is -1.30. The normalized spacial score (nSPS) is 14.3. The molecule has 0 fully saturated rings. The van der Waals surface area contributed by atoms with E-state index in [0.717, 1.165) is 16.8 Å². The number of aryl methyl sites for hydroxylation is 1. The van der Waals surface area contributed by atoms with Crippen molar-refractivity contribution in [1.82, 2.24) is 4.98 Å². The molecule has 0 aliphatic rings. The average molecular weight is 309 g/mol. The maximum Gasteiger partial charge on any atom is 0.191 e. The fraction of sp³-hybridized carbons (Fsp3) is 0.438. The number of allylic oxidation sites excluding steroid dienone is 1. The van der Waals surface area contributed by atoms with Crippen molar-refractivity contribution in [2.45, 2.75) is 32.8 Å². The highest BCUT2D eigenvalue weighted by Crippen LogP contribution is 2.20. The Morgan fingerprint density at radius 1 is 1.62 bits per heavy atom. The van der Waals surface area contributed by atoms with Crippen LogP contribution in [0.3, 0.4) is 0 Å². The van der Waals surface area contributed by atoms with E-state index in [-0.39, 0.29) is 12.7 Å². The van der Waals surface area contributed by atoms with Crippen LogP contribution in [0.1, 0.15) is 31.4 Å². The Morgan fingerprint density at radius 2 is 2.38 bits per heavy atom. The van der Waals surface area contributed by atoms with Crippen molar-refractivity contribution >= 4 is 18.1 Å². The minimum atomic E-state index is -0.0663. The van der Waals surface area contributed by atoms with E-state index in [9.17, 15) is 5.11 Å². The van der Waals surface area contributed by atoms with Crippen molar-refractivity contribution < 1.29 is 13.7 Å². The first kappa shape index (κ1) is 17.8. The van der Waals surface area contributed by atoms with Gasteiger partial charge in [0.15, 0.2) is 5.89 Å². The summed E-state index contributed by atoms with van der Waals surface area (Å²) in [6.45, 7) is 7.55. The van der Waals surface area contributed by atoms with Crippen molar-refractivity contribution in [3.8, 4) is 0 Å². The molecule has 1 atom stereocenters. The molecule has 0 amide bonds. The number of aromatic nitrogens is 1. The van der Waals surface area contributed by atoms with Gasteiger partial charge in [-0.05, 0) is 49.0 Å². The highest BCUT2D eigenvalue weighted by molar-refractivity contribution is 7.93. The Labute approximate surface area is 130 Å². The molecule has 1 rings (SSSR count). The fourth-order valence-corrected chi connectivity index (χ4v) is 2.32. The van der Waals surface area contributed by atoms with Gasteiger partial charge in [0.05, 0.1) is 12.7 Å². The molecule has 116 valence electrons. The molecule has 0 spiro atoms. The zero-order chi connectivity index (χ0) is 15.7. The molecule has 0 aliphatic carbocycles. The standard InChI is InChI=1S/C16H23NO3S/c1-5-6-14(10-18)7-8-16(20-21-4)12(2)9-15-11-19-13(3)17-15/h5,7,9,11,16,18H,1,6,8,10H2,2-4H3/b12-9+,14-7+/t16-/m0/s1. The zero-order valence-electron chi connectivity index (χ0n) is 12.8. The molecule has 1 aromatic rings. The van der Waals surface area contributed by atoms with Crippen LogP contribution in [0.2, 0.25) is 0 Å². The summed E-state index contributed by atoms with van der Waals surface area (Å²) in [5, 5.41) is 9.28. The molecule has 0 radical (unpaired) electrons. The molecule has 0 bridgehead atoms. The summed E-state index contributed by atoms with van der Waals surface area (Å²) in [5.41, 5.74) is 2.80. The minimum absolute atomic E-state index is 0.0449. The second kappa shape index (κ2) is 9.60. The number of rotatable bonds is 9.